The first-order chi connectivity index (χ1) is 6.65. The van der Waals surface area contributed by atoms with Crippen LogP contribution in [0, 0.1) is 5.92 Å². The van der Waals surface area contributed by atoms with Gasteiger partial charge in [0.2, 0.25) is 5.91 Å². The Morgan fingerprint density at radius 2 is 2.36 bits per heavy atom. The van der Waals surface area contributed by atoms with Crippen LogP contribution in [0.1, 0.15) is 32.6 Å². The van der Waals surface area contributed by atoms with Crippen LogP contribution in [0.4, 0.5) is 0 Å². The van der Waals surface area contributed by atoms with E-state index in [1.807, 2.05) is 0 Å². The Kier molecular flexibility index (Phi) is 4.35. The number of carbonyl (C=O) groups excluding carboxylic acids is 1. The summed E-state index contributed by atoms with van der Waals surface area (Å²) in [6, 6.07) is 0.453. The lowest BCUT2D eigenvalue weighted by atomic mass is 10.0. The zero-order valence-corrected chi connectivity index (χ0v) is 8.70. The van der Waals surface area contributed by atoms with Crippen LogP contribution in [-0.2, 0) is 4.79 Å². The van der Waals surface area contributed by atoms with Gasteiger partial charge in [-0.3, -0.25) is 4.79 Å². The summed E-state index contributed by atoms with van der Waals surface area (Å²) in [4.78, 5) is 10.6. The predicted molar refractivity (Wildman–Crippen MR) is 54.6 cm³/mol. The minimum Gasteiger partial charge on any atom is -0.382 e. The molecule has 1 aliphatic carbocycles. The van der Waals surface area contributed by atoms with Gasteiger partial charge in [0.15, 0.2) is 0 Å². The lowest BCUT2D eigenvalue weighted by Gasteiger charge is -2.20. The number of rotatable bonds is 5. The van der Waals surface area contributed by atoms with Gasteiger partial charge in [-0.2, -0.15) is 0 Å². The summed E-state index contributed by atoms with van der Waals surface area (Å²) >= 11 is 0. The molecule has 1 rings (SSSR count). The molecule has 0 saturated heterocycles. The molecule has 1 amide bonds. The maximum absolute atomic E-state index is 10.6. The predicted octanol–water partition coefficient (Wildman–Crippen LogP) is 0.000900. The second kappa shape index (κ2) is 5.32. The molecule has 3 atom stereocenters. The van der Waals surface area contributed by atoms with Crippen LogP contribution in [0.15, 0.2) is 0 Å². The number of amides is 1. The molecule has 1 fully saturated rings. The molecular formula is C10H20N2O2. The van der Waals surface area contributed by atoms with E-state index in [0.717, 1.165) is 12.8 Å². The van der Waals surface area contributed by atoms with Crippen molar-refractivity contribution in [2.45, 2.75) is 44.8 Å². The van der Waals surface area contributed by atoms with Crippen molar-refractivity contribution in [2.24, 2.45) is 11.7 Å². The Morgan fingerprint density at radius 3 is 2.93 bits per heavy atom. The highest BCUT2D eigenvalue weighted by atomic mass is 16.3. The van der Waals surface area contributed by atoms with Crippen molar-refractivity contribution in [3.05, 3.63) is 0 Å². The van der Waals surface area contributed by atoms with Gasteiger partial charge in [0, 0.05) is 12.6 Å². The summed E-state index contributed by atoms with van der Waals surface area (Å²) in [5, 5.41) is 12.4. The molecule has 14 heavy (non-hydrogen) atoms. The van der Waals surface area contributed by atoms with Gasteiger partial charge in [-0.05, 0) is 18.8 Å². The highest BCUT2D eigenvalue weighted by Crippen LogP contribution is 2.27. The highest BCUT2D eigenvalue weighted by Gasteiger charge is 2.26. The summed E-state index contributed by atoms with van der Waals surface area (Å²) in [5.74, 6) is 0.0404. The van der Waals surface area contributed by atoms with Crippen LogP contribution in [0.3, 0.4) is 0 Å². The van der Waals surface area contributed by atoms with E-state index in [4.69, 9.17) is 5.73 Å². The number of nitrogens with two attached hydrogens (primary N) is 1. The molecule has 4 N–H and O–H groups in total. The molecule has 4 heteroatoms. The number of carbonyl (C=O) groups is 1. The van der Waals surface area contributed by atoms with Crippen LogP contribution < -0.4 is 11.1 Å². The highest BCUT2D eigenvalue weighted by molar-refractivity contribution is 5.78. The molecule has 1 saturated carbocycles. The average molecular weight is 200 g/mol. The molecular weight excluding hydrogens is 180 g/mol. The number of aliphatic hydroxyl groups is 1. The Morgan fingerprint density at radius 1 is 1.64 bits per heavy atom. The van der Waals surface area contributed by atoms with Crippen molar-refractivity contribution in [1.82, 2.24) is 5.32 Å². The van der Waals surface area contributed by atoms with Gasteiger partial charge >= 0.3 is 0 Å². The Hall–Kier alpha value is -0.610. The fourth-order valence-electron chi connectivity index (χ4n) is 2.16. The second-order valence-electron chi connectivity index (χ2n) is 4.03. The van der Waals surface area contributed by atoms with Crippen LogP contribution in [0.2, 0.25) is 0 Å². The van der Waals surface area contributed by atoms with E-state index in [0.29, 0.717) is 12.0 Å². The maximum Gasteiger partial charge on any atom is 0.247 e. The Balaban J connectivity index is 2.26. The quantitative estimate of drug-likeness (QED) is 0.585. The van der Waals surface area contributed by atoms with Gasteiger partial charge in [0.25, 0.3) is 0 Å². The van der Waals surface area contributed by atoms with Crippen molar-refractivity contribution in [2.75, 3.05) is 6.54 Å². The van der Waals surface area contributed by atoms with E-state index in [2.05, 4.69) is 12.2 Å². The largest absolute Gasteiger partial charge is 0.382 e. The van der Waals surface area contributed by atoms with Gasteiger partial charge in [0.05, 0.1) is 0 Å². The van der Waals surface area contributed by atoms with E-state index < -0.39 is 12.0 Å². The van der Waals surface area contributed by atoms with E-state index in [1.54, 1.807) is 0 Å². The van der Waals surface area contributed by atoms with E-state index in [-0.39, 0.29) is 6.54 Å². The van der Waals surface area contributed by atoms with Crippen LogP contribution >= 0.6 is 0 Å². The van der Waals surface area contributed by atoms with E-state index in [9.17, 15) is 9.90 Å². The third-order valence-electron chi connectivity index (χ3n) is 3.09. The fourth-order valence-corrected chi connectivity index (χ4v) is 2.16. The molecule has 0 radical (unpaired) electrons. The molecule has 0 aromatic heterocycles. The van der Waals surface area contributed by atoms with Crippen molar-refractivity contribution < 1.29 is 9.90 Å². The molecule has 0 aromatic carbocycles. The first-order valence-electron chi connectivity index (χ1n) is 5.36. The van der Waals surface area contributed by atoms with Gasteiger partial charge in [0.1, 0.15) is 6.10 Å². The minimum atomic E-state index is -1.05. The average Bonchev–Trinajstić information content (AvgIpc) is 2.60. The second-order valence-corrected chi connectivity index (χ2v) is 4.03. The summed E-state index contributed by atoms with van der Waals surface area (Å²) in [6.07, 6.45) is 3.74. The number of primary amides is 1. The number of aliphatic hydroxyl groups excluding tert-OH is 1. The van der Waals surface area contributed by atoms with Gasteiger partial charge in [-0.25, -0.2) is 0 Å². The van der Waals surface area contributed by atoms with Gasteiger partial charge in [-0.1, -0.05) is 19.8 Å². The standard InChI is InChI=1S/C10H20N2O2/c1-2-7-4-3-5-8(7)12-6-9(13)10(11)14/h7-9,12-13H,2-6H2,1H3,(H2,11,14). The number of hydrogen-bond donors (Lipinski definition) is 3. The monoisotopic (exact) mass is 200 g/mol. The molecule has 3 unspecified atom stereocenters. The third-order valence-corrected chi connectivity index (χ3v) is 3.09. The van der Waals surface area contributed by atoms with Crippen molar-refractivity contribution >= 4 is 5.91 Å². The Labute approximate surface area is 84.9 Å². The van der Waals surface area contributed by atoms with Crippen molar-refractivity contribution in [3.63, 3.8) is 0 Å². The molecule has 0 heterocycles. The molecule has 0 aromatic rings. The summed E-state index contributed by atoms with van der Waals surface area (Å²) in [7, 11) is 0. The van der Waals surface area contributed by atoms with Crippen molar-refractivity contribution in [3.8, 4) is 0 Å². The first-order valence-corrected chi connectivity index (χ1v) is 5.36. The summed E-state index contributed by atoms with van der Waals surface area (Å²) in [6.45, 7) is 2.46. The molecule has 82 valence electrons. The topological polar surface area (TPSA) is 75.3 Å². The van der Waals surface area contributed by atoms with Gasteiger partial charge < -0.3 is 16.2 Å². The zero-order chi connectivity index (χ0) is 10.6. The van der Waals surface area contributed by atoms with E-state index in [1.165, 1.54) is 12.8 Å². The third kappa shape index (κ3) is 2.96. The van der Waals surface area contributed by atoms with E-state index >= 15 is 0 Å². The van der Waals surface area contributed by atoms with Crippen LogP contribution in [0.5, 0.6) is 0 Å². The lowest BCUT2D eigenvalue weighted by Crippen LogP contribution is -2.42. The fraction of sp³-hybridized carbons (Fsp3) is 0.900. The number of hydrogen-bond acceptors (Lipinski definition) is 3. The molecule has 0 bridgehead atoms. The summed E-state index contributed by atoms with van der Waals surface area (Å²) in [5.41, 5.74) is 4.96. The normalized spacial score (nSPS) is 29.0. The van der Waals surface area contributed by atoms with Gasteiger partial charge in [-0.15, -0.1) is 0 Å². The van der Waals surface area contributed by atoms with Crippen LogP contribution in [-0.4, -0.2) is 29.7 Å². The van der Waals surface area contributed by atoms with Crippen LogP contribution in [0.25, 0.3) is 0 Å². The maximum atomic E-state index is 10.6. The first kappa shape index (κ1) is 11.5. The molecule has 0 spiro atoms. The molecule has 0 aliphatic heterocycles. The number of nitrogens with one attached hydrogen (secondary N) is 1. The molecule has 1 aliphatic rings. The smallest absolute Gasteiger partial charge is 0.247 e. The molecule has 4 nitrogen and oxygen atoms in total. The van der Waals surface area contributed by atoms with Crippen molar-refractivity contribution in [1.29, 1.82) is 0 Å². The zero-order valence-electron chi connectivity index (χ0n) is 8.70. The summed E-state index contributed by atoms with van der Waals surface area (Å²) < 4.78 is 0. The minimum absolute atomic E-state index is 0.288. The lowest BCUT2D eigenvalue weighted by molar-refractivity contribution is -0.125. The SMILES string of the molecule is CCC1CCCC1NCC(O)C(N)=O. The Bertz CT molecular complexity index is 197.